The average Bonchev–Trinajstić information content (AvgIpc) is 3.97. The fourth-order valence-electron chi connectivity index (χ4n) is 13.8. The number of rotatable bonds is 2. The molecule has 0 amide bonds. The quantitative estimate of drug-likeness (QED) is 0.122. The van der Waals surface area contributed by atoms with Gasteiger partial charge in [-0.05, 0) is 150 Å². The predicted molar refractivity (Wildman–Crippen MR) is 279 cm³/mol. The number of hydrogen-bond donors (Lipinski definition) is 0. The number of nitrogens with zero attached hydrogens (tertiary/aromatic N) is 3. The summed E-state index contributed by atoms with van der Waals surface area (Å²) in [5, 5.41) is 26.4. The van der Waals surface area contributed by atoms with Crippen molar-refractivity contribution < 1.29 is 0 Å². The molecule has 7 aromatic heterocycles. The molecule has 15 aromatic rings. The van der Waals surface area contributed by atoms with Crippen molar-refractivity contribution in [3.05, 3.63) is 180 Å². The van der Waals surface area contributed by atoms with Crippen LogP contribution in [0.15, 0.2) is 158 Å². The highest BCUT2D eigenvalue weighted by Gasteiger charge is 2.34. The maximum atomic E-state index is 4.58. The van der Waals surface area contributed by atoms with Gasteiger partial charge in [-0.1, -0.05) is 97.6 Å². The zero-order valence-electron chi connectivity index (χ0n) is 35.1. The van der Waals surface area contributed by atoms with Gasteiger partial charge >= 0.3 is 0 Å². The van der Waals surface area contributed by atoms with E-state index in [0.29, 0.717) is 0 Å². The van der Waals surface area contributed by atoms with Crippen LogP contribution in [-0.2, 0) is 6.54 Å². The Hall–Kier alpha value is -8.40. The number of pyridine rings is 5. The lowest BCUT2D eigenvalue weighted by molar-refractivity contribution is 0.843. The monoisotopic (exact) mass is 819 g/mol. The molecule has 8 aromatic carbocycles. The van der Waals surface area contributed by atoms with E-state index in [9.17, 15) is 0 Å². The minimum atomic E-state index is 0.789. The fourth-order valence-corrected chi connectivity index (χ4v) is 13.8. The first-order valence-electron chi connectivity index (χ1n) is 23.0. The summed E-state index contributed by atoms with van der Waals surface area (Å²) in [6.07, 6.45) is 19.2. The van der Waals surface area contributed by atoms with E-state index in [0.717, 1.165) is 13.0 Å². The molecule has 0 saturated carbocycles. The van der Waals surface area contributed by atoms with Gasteiger partial charge in [0.05, 0.1) is 38.6 Å². The van der Waals surface area contributed by atoms with Gasteiger partial charge in [0.2, 0.25) is 0 Å². The van der Waals surface area contributed by atoms with E-state index in [1.165, 1.54) is 174 Å². The highest BCUT2D eigenvalue weighted by molar-refractivity contribution is 6.48. The van der Waals surface area contributed by atoms with Crippen LogP contribution in [0.3, 0.4) is 0 Å². The molecule has 0 atom stereocenters. The molecule has 0 unspecified atom stereocenters. The Balaban J connectivity index is 1.22. The number of hydrogen-bond acceptors (Lipinski definition) is 0. The van der Waals surface area contributed by atoms with E-state index in [1.54, 1.807) is 0 Å². The van der Waals surface area contributed by atoms with Crippen molar-refractivity contribution in [3.63, 3.8) is 0 Å². The number of benzene rings is 8. The van der Waals surface area contributed by atoms with Crippen LogP contribution in [0, 0.1) is 0 Å². The van der Waals surface area contributed by atoms with E-state index in [1.807, 2.05) is 0 Å². The van der Waals surface area contributed by atoms with Crippen molar-refractivity contribution in [2.24, 2.45) is 0 Å². The Kier molecular flexibility index (Phi) is 5.22. The predicted octanol–water partition coefficient (Wildman–Crippen LogP) is 15.6. The van der Waals surface area contributed by atoms with Crippen LogP contribution in [0.25, 0.3) is 165 Å². The van der Waals surface area contributed by atoms with Gasteiger partial charge in [0.25, 0.3) is 0 Å². The van der Waals surface area contributed by atoms with Crippen molar-refractivity contribution in [1.82, 2.24) is 13.4 Å². The van der Waals surface area contributed by atoms with Crippen LogP contribution in [0.2, 0.25) is 0 Å². The van der Waals surface area contributed by atoms with Crippen LogP contribution < -0.4 is 5.35 Å². The van der Waals surface area contributed by atoms with E-state index < -0.39 is 0 Å². The Bertz CT molecular complexity index is 5050. The Labute approximate surface area is 369 Å². The first-order chi connectivity index (χ1) is 32.2. The summed E-state index contributed by atoms with van der Waals surface area (Å²) < 4.78 is 8.07. The largest absolute Gasteiger partial charge is 0.335 e. The molecule has 3 nitrogen and oxygen atoms in total. The number of fused-ring (bicyclic) bond motifs is 13. The van der Waals surface area contributed by atoms with Crippen molar-refractivity contribution in [2.45, 2.75) is 13.0 Å². The maximum Gasteiger partial charge on any atom is 0.0662 e. The Morgan fingerprint density at radius 2 is 1.05 bits per heavy atom. The van der Waals surface area contributed by atoms with Gasteiger partial charge in [-0.2, -0.15) is 0 Å². The second kappa shape index (κ2) is 10.5. The van der Waals surface area contributed by atoms with Gasteiger partial charge in [0.15, 0.2) is 0 Å². The van der Waals surface area contributed by atoms with Crippen molar-refractivity contribution >= 4 is 165 Å². The summed E-state index contributed by atoms with van der Waals surface area (Å²) in [4.78, 5) is 0. The van der Waals surface area contributed by atoms with E-state index in [-0.39, 0.29) is 0 Å². The molecule has 18 rings (SSSR count). The third kappa shape index (κ3) is 3.47. The molecular formula is C62H33N3. The Morgan fingerprint density at radius 1 is 0.477 bits per heavy atom. The van der Waals surface area contributed by atoms with E-state index in [2.05, 4.69) is 184 Å². The molecule has 0 N–H and O–H groups in total. The van der Waals surface area contributed by atoms with Crippen molar-refractivity contribution in [1.29, 1.82) is 0 Å². The van der Waals surface area contributed by atoms with Gasteiger partial charge in [0.1, 0.15) is 0 Å². The SMILES string of the molecule is C=Cc1c(/C=C2/C=CC=CC2)cc2c3c1C1=CC=c4c5cc6cc7ccccc7cc6c6c5c5c(c3c3c7c8c(cc9cc%10ccccc%10cc9c8c8ccc2n83)c2ccc6n2c57)n4C1. The maximum absolute atomic E-state index is 4.58. The second-order valence-electron chi connectivity index (χ2n) is 19.2. The van der Waals surface area contributed by atoms with Crippen LogP contribution in [-0.4, -0.2) is 13.4 Å². The van der Waals surface area contributed by atoms with Crippen LogP contribution in [0.1, 0.15) is 23.1 Å². The lowest BCUT2D eigenvalue weighted by Gasteiger charge is -2.28. The third-order valence-electron chi connectivity index (χ3n) is 16.2. The van der Waals surface area contributed by atoms with Gasteiger partial charge in [-0.15, -0.1) is 0 Å². The third-order valence-corrected chi connectivity index (χ3v) is 16.2. The summed E-state index contributed by atoms with van der Waals surface area (Å²) in [5.74, 6) is 0. The molecule has 3 aliphatic rings. The van der Waals surface area contributed by atoms with Gasteiger partial charge in [0, 0.05) is 71.1 Å². The van der Waals surface area contributed by atoms with Gasteiger partial charge < -0.3 is 13.4 Å². The molecule has 0 spiro atoms. The molecule has 65 heavy (non-hydrogen) atoms. The lowest BCUT2D eigenvalue weighted by Crippen LogP contribution is -2.25. The van der Waals surface area contributed by atoms with E-state index >= 15 is 0 Å². The second-order valence-corrected chi connectivity index (χ2v) is 19.2. The van der Waals surface area contributed by atoms with Crippen molar-refractivity contribution in [3.8, 4) is 0 Å². The molecule has 0 radical (unpaired) electrons. The minimum Gasteiger partial charge on any atom is -0.335 e. The number of allylic oxidation sites excluding steroid dienone is 7. The average molecular weight is 820 g/mol. The first-order valence-corrected chi connectivity index (χ1v) is 23.0. The highest BCUT2D eigenvalue weighted by Crippen LogP contribution is 2.56. The fraction of sp³-hybridized carbons (Fsp3) is 0.0323. The molecule has 0 fully saturated rings. The summed E-state index contributed by atoms with van der Waals surface area (Å²) in [5.41, 5.74) is 15.5. The van der Waals surface area contributed by atoms with Crippen molar-refractivity contribution in [2.75, 3.05) is 0 Å². The van der Waals surface area contributed by atoms with Crippen LogP contribution >= 0.6 is 0 Å². The zero-order chi connectivity index (χ0) is 41.7. The topological polar surface area (TPSA) is 13.8 Å². The molecule has 9 heterocycles. The normalized spacial score (nSPS) is 15.8. The highest BCUT2D eigenvalue weighted by atomic mass is 15.0. The summed E-state index contributed by atoms with van der Waals surface area (Å²) in [7, 11) is 0. The van der Waals surface area contributed by atoms with Crippen LogP contribution in [0.4, 0.5) is 0 Å². The molecule has 296 valence electrons. The van der Waals surface area contributed by atoms with Gasteiger partial charge in [-0.3, -0.25) is 0 Å². The first kappa shape index (κ1) is 32.3. The molecule has 2 bridgehead atoms. The molecule has 2 aliphatic heterocycles. The smallest absolute Gasteiger partial charge is 0.0662 e. The lowest BCUT2D eigenvalue weighted by atomic mass is 9.84. The zero-order valence-corrected chi connectivity index (χ0v) is 35.1. The minimum absolute atomic E-state index is 0.789. The standard InChI is InChI=1S/C62H33N3/c1-2-40-37(22-31-10-4-3-5-11-31)27-44-47-18-20-50-53-42-26-35-15-9-7-13-33(35)24-39(42)29-45-48-19-21-49-52-41-25-34-14-8-6-12-32(34)23-38(41)28-43-46-17-16-36-30-63(46)60-57(54(44)51(36)40)61(64(47)50)59(56(45)53)62(65(48)49)58(60)55(43)52/h2-10,12-29H,1,11,30H2/b31-22-. The van der Waals surface area contributed by atoms with Crippen LogP contribution in [0.5, 0.6) is 0 Å². The summed E-state index contributed by atoms with van der Waals surface area (Å²) in [6.45, 7) is 5.37. The van der Waals surface area contributed by atoms with Gasteiger partial charge in [-0.25, -0.2) is 0 Å². The molecule has 0 saturated heterocycles. The summed E-state index contributed by atoms with van der Waals surface area (Å²) in [6, 6.07) is 44.8. The number of aromatic nitrogens is 3. The Morgan fingerprint density at radius 3 is 1.69 bits per heavy atom. The van der Waals surface area contributed by atoms with E-state index in [4.69, 9.17) is 0 Å². The molecular weight excluding hydrogens is 787 g/mol. The summed E-state index contributed by atoms with van der Waals surface area (Å²) >= 11 is 0. The molecule has 3 heteroatoms. The molecule has 1 aliphatic carbocycles.